The summed E-state index contributed by atoms with van der Waals surface area (Å²) in [5.74, 6) is 0. The van der Waals surface area contributed by atoms with Crippen LogP contribution >= 0.6 is 0 Å². The lowest BCUT2D eigenvalue weighted by Gasteiger charge is -2.34. The Labute approximate surface area is 119 Å². The average Bonchev–Trinajstić information content (AvgIpc) is 2.45. The van der Waals surface area contributed by atoms with Gasteiger partial charge in [-0.3, -0.25) is 10.1 Å². The first-order valence-electron chi connectivity index (χ1n) is 7.06. The van der Waals surface area contributed by atoms with Gasteiger partial charge in [-0.1, -0.05) is 25.1 Å². The maximum absolute atomic E-state index is 11.1. The minimum Gasteiger partial charge on any atom is -0.381 e. The zero-order valence-electron chi connectivity index (χ0n) is 12.1. The molecule has 1 heterocycles. The Morgan fingerprint density at radius 1 is 1.40 bits per heavy atom. The van der Waals surface area contributed by atoms with Crippen molar-refractivity contribution in [1.29, 1.82) is 0 Å². The molecule has 1 aromatic carbocycles. The molecule has 0 spiro atoms. The Kier molecular flexibility index (Phi) is 4.73. The van der Waals surface area contributed by atoms with Gasteiger partial charge in [-0.2, -0.15) is 0 Å². The van der Waals surface area contributed by atoms with Crippen molar-refractivity contribution >= 4 is 5.69 Å². The number of rotatable bonds is 5. The van der Waals surface area contributed by atoms with Crippen LogP contribution in [0.5, 0.6) is 0 Å². The number of nitrogens with one attached hydrogen (secondary N) is 1. The molecule has 2 rings (SSSR count). The molecule has 110 valence electrons. The van der Waals surface area contributed by atoms with E-state index in [4.69, 9.17) is 4.74 Å². The predicted octanol–water partition coefficient (Wildman–Crippen LogP) is 3.06. The summed E-state index contributed by atoms with van der Waals surface area (Å²) in [7, 11) is 0. The number of para-hydroxylation sites is 1. The monoisotopic (exact) mass is 278 g/mol. The van der Waals surface area contributed by atoms with Crippen molar-refractivity contribution in [3.05, 3.63) is 39.9 Å². The fraction of sp³-hybridized carbons (Fsp3) is 0.600. The van der Waals surface area contributed by atoms with Crippen LogP contribution in [-0.2, 0) is 4.74 Å². The van der Waals surface area contributed by atoms with Crippen molar-refractivity contribution in [2.45, 2.75) is 32.7 Å². The van der Waals surface area contributed by atoms with Crippen molar-refractivity contribution < 1.29 is 9.66 Å². The van der Waals surface area contributed by atoms with Crippen LogP contribution in [0.2, 0.25) is 0 Å². The van der Waals surface area contributed by atoms with Gasteiger partial charge in [0, 0.05) is 37.4 Å². The molecule has 1 N–H and O–H groups in total. The Balaban J connectivity index is 2.01. The third-order valence-electron chi connectivity index (χ3n) is 4.13. The molecule has 0 aliphatic carbocycles. The molecule has 1 atom stereocenters. The van der Waals surface area contributed by atoms with Crippen LogP contribution in [0.3, 0.4) is 0 Å². The third kappa shape index (κ3) is 3.55. The SMILES string of the molecule is CC(NCC1(C)CCOCC1)c1ccccc1[N+](=O)[O-]. The zero-order chi connectivity index (χ0) is 14.6. The van der Waals surface area contributed by atoms with Gasteiger partial charge >= 0.3 is 0 Å². The number of nitrogens with zero attached hydrogens (tertiary/aromatic N) is 1. The smallest absolute Gasteiger partial charge is 0.274 e. The van der Waals surface area contributed by atoms with Crippen molar-refractivity contribution in [2.24, 2.45) is 5.41 Å². The highest BCUT2D eigenvalue weighted by Crippen LogP contribution is 2.30. The fourth-order valence-corrected chi connectivity index (χ4v) is 2.57. The first-order chi connectivity index (χ1) is 9.52. The first kappa shape index (κ1) is 14.9. The minimum absolute atomic E-state index is 0.0312. The number of hydrogen-bond acceptors (Lipinski definition) is 4. The van der Waals surface area contributed by atoms with Crippen LogP contribution in [0.15, 0.2) is 24.3 Å². The molecule has 1 fully saturated rings. The Morgan fingerprint density at radius 2 is 2.05 bits per heavy atom. The lowest BCUT2D eigenvalue weighted by atomic mass is 9.82. The van der Waals surface area contributed by atoms with Gasteiger partial charge in [0.25, 0.3) is 5.69 Å². The molecule has 0 saturated carbocycles. The molecule has 0 radical (unpaired) electrons. The number of nitro benzene ring substituents is 1. The summed E-state index contributed by atoms with van der Waals surface area (Å²) in [6.07, 6.45) is 2.06. The molecule has 0 aromatic heterocycles. The molecule has 0 amide bonds. The minimum atomic E-state index is -0.316. The number of benzene rings is 1. The van der Waals surface area contributed by atoms with E-state index in [-0.39, 0.29) is 22.1 Å². The summed E-state index contributed by atoms with van der Waals surface area (Å²) < 4.78 is 5.39. The van der Waals surface area contributed by atoms with E-state index < -0.39 is 0 Å². The second-order valence-electron chi connectivity index (χ2n) is 5.84. The Hall–Kier alpha value is -1.46. The van der Waals surface area contributed by atoms with Gasteiger partial charge in [0.2, 0.25) is 0 Å². The van der Waals surface area contributed by atoms with Gasteiger partial charge in [-0.25, -0.2) is 0 Å². The highest BCUT2D eigenvalue weighted by molar-refractivity contribution is 5.41. The lowest BCUT2D eigenvalue weighted by Crippen LogP contribution is -2.37. The van der Waals surface area contributed by atoms with Gasteiger partial charge in [0.15, 0.2) is 0 Å². The summed E-state index contributed by atoms with van der Waals surface area (Å²) in [5.41, 5.74) is 1.15. The van der Waals surface area contributed by atoms with Gasteiger partial charge in [0.05, 0.1) is 4.92 Å². The number of hydrogen-bond donors (Lipinski definition) is 1. The maximum Gasteiger partial charge on any atom is 0.274 e. The van der Waals surface area contributed by atoms with E-state index in [0.717, 1.165) is 38.2 Å². The quantitative estimate of drug-likeness (QED) is 0.664. The molecule has 1 aromatic rings. The highest BCUT2D eigenvalue weighted by Gasteiger charge is 2.28. The fourth-order valence-electron chi connectivity index (χ4n) is 2.57. The van der Waals surface area contributed by atoms with Crippen LogP contribution in [-0.4, -0.2) is 24.7 Å². The van der Waals surface area contributed by atoms with E-state index in [0.29, 0.717) is 0 Å². The molecule has 20 heavy (non-hydrogen) atoms. The molecular formula is C15H22N2O3. The van der Waals surface area contributed by atoms with Crippen molar-refractivity contribution in [2.75, 3.05) is 19.8 Å². The predicted molar refractivity (Wildman–Crippen MR) is 77.7 cm³/mol. The van der Waals surface area contributed by atoms with Gasteiger partial charge < -0.3 is 10.1 Å². The van der Waals surface area contributed by atoms with Crippen molar-refractivity contribution in [1.82, 2.24) is 5.32 Å². The summed E-state index contributed by atoms with van der Waals surface area (Å²) in [6.45, 7) is 6.68. The largest absolute Gasteiger partial charge is 0.381 e. The Morgan fingerprint density at radius 3 is 2.70 bits per heavy atom. The standard InChI is InChI=1S/C15H22N2O3/c1-12(13-5-3-4-6-14(13)17(18)19)16-11-15(2)7-9-20-10-8-15/h3-6,12,16H,7-11H2,1-2H3. The van der Waals surface area contributed by atoms with Gasteiger partial charge in [-0.05, 0) is 25.2 Å². The number of nitro groups is 1. The van der Waals surface area contributed by atoms with E-state index in [2.05, 4.69) is 12.2 Å². The molecule has 5 heteroatoms. The topological polar surface area (TPSA) is 64.4 Å². The average molecular weight is 278 g/mol. The molecule has 0 bridgehead atoms. The summed E-state index contributed by atoms with van der Waals surface area (Å²) >= 11 is 0. The lowest BCUT2D eigenvalue weighted by molar-refractivity contribution is -0.385. The molecule has 5 nitrogen and oxygen atoms in total. The van der Waals surface area contributed by atoms with E-state index in [9.17, 15) is 10.1 Å². The second kappa shape index (κ2) is 6.33. The van der Waals surface area contributed by atoms with Crippen LogP contribution in [0.1, 0.15) is 38.3 Å². The Bertz CT molecular complexity index is 470. The van der Waals surface area contributed by atoms with Gasteiger partial charge in [0.1, 0.15) is 0 Å². The third-order valence-corrected chi connectivity index (χ3v) is 4.13. The molecule has 1 saturated heterocycles. The maximum atomic E-state index is 11.1. The molecular weight excluding hydrogens is 256 g/mol. The van der Waals surface area contributed by atoms with Crippen LogP contribution in [0.4, 0.5) is 5.69 Å². The summed E-state index contributed by atoms with van der Waals surface area (Å²) in [5, 5.41) is 14.5. The highest BCUT2D eigenvalue weighted by atomic mass is 16.6. The summed E-state index contributed by atoms with van der Waals surface area (Å²) in [6, 6.07) is 6.90. The van der Waals surface area contributed by atoms with Crippen molar-refractivity contribution in [3.63, 3.8) is 0 Å². The normalized spacial score (nSPS) is 19.5. The molecule has 1 aliphatic heterocycles. The molecule has 1 aliphatic rings. The number of ether oxygens (including phenoxy) is 1. The zero-order valence-corrected chi connectivity index (χ0v) is 12.1. The van der Waals surface area contributed by atoms with E-state index >= 15 is 0 Å². The summed E-state index contributed by atoms with van der Waals surface area (Å²) in [4.78, 5) is 10.7. The van der Waals surface area contributed by atoms with E-state index in [1.165, 1.54) is 0 Å². The van der Waals surface area contributed by atoms with Crippen LogP contribution in [0, 0.1) is 15.5 Å². The van der Waals surface area contributed by atoms with Crippen LogP contribution < -0.4 is 5.32 Å². The second-order valence-corrected chi connectivity index (χ2v) is 5.84. The molecule has 1 unspecified atom stereocenters. The van der Waals surface area contributed by atoms with Gasteiger partial charge in [-0.15, -0.1) is 0 Å². The van der Waals surface area contributed by atoms with Crippen LogP contribution in [0.25, 0.3) is 0 Å². The first-order valence-corrected chi connectivity index (χ1v) is 7.06. The van der Waals surface area contributed by atoms with E-state index in [1.54, 1.807) is 12.1 Å². The van der Waals surface area contributed by atoms with E-state index in [1.807, 2.05) is 19.1 Å². The van der Waals surface area contributed by atoms with Crippen molar-refractivity contribution in [3.8, 4) is 0 Å².